The monoisotopic (exact) mass is 412 g/mol. The summed E-state index contributed by atoms with van der Waals surface area (Å²) in [5, 5.41) is 8.67. The first-order chi connectivity index (χ1) is 12.6. The molecule has 0 radical (unpaired) electrons. The Bertz CT molecular complexity index is 913. The van der Waals surface area contributed by atoms with Gasteiger partial charge in [0.1, 0.15) is 0 Å². The summed E-state index contributed by atoms with van der Waals surface area (Å²) in [5.74, 6) is 1.44. The third-order valence-electron chi connectivity index (χ3n) is 4.76. The molecule has 7 nitrogen and oxygen atoms in total. The summed E-state index contributed by atoms with van der Waals surface area (Å²) >= 11 is 5.87. The van der Waals surface area contributed by atoms with Gasteiger partial charge in [-0.2, -0.15) is 0 Å². The van der Waals surface area contributed by atoms with E-state index in [9.17, 15) is 8.42 Å². The molecule has 1 fully saturated rings. The number of nitrogens with one attached hydrogen (secondary N) is 1. The van der Waals surface area contributed by atoms with Gasteiger partial charge in [-0.05, 0) is 43.9 Å². The normalized spacial score (nSPS) is 21.3. The summed E-state index contributed by atoms with van der Waals surface area (Å²) in [6, 6.07) is 4.19. The van der Waals surface area contributed by atoms with Crippen LogP contribution < -0.4 is 10.5 Å². The lowest BCUT2D eigenvalue weighted by molar-refractivity contribution is 0.304. The second-order valence-corrected chi connectivity index (χ2v) is 10.2. The van der Waals surface area contributed by atoms with Crippen LogP contribution in [0.5, 0.6) is 0 Å². The first-order valence-corrected chi connectivity index (χ1v) is 10.8. The number of sulfonamides is 1. The van der Waals surface area contributed by atoms with Gasteiger partial charge in [-0.1, -0.05) is 32.4 Å². The standard InChI is InChI=1S/C18H25ClN4O3S/c1-18(2,3)17-22-21-16(26-17)11-4-6-12(7-5-11)23-27(24,25)13-8-9-14(19)15(20)10-13/h8-12,23H,4-7,20H2,1-3H3/t11-,12-. The van der Waals surface area contributed by atoms with E-state index in [0.717, 1.165) is 12.8 Å². The molecule has 1 aromatic carbocycles. The molecule has 2 aromatic rings. The van der Waals surface area contributed by atoms with E-state index in [1.165, 1.54) is 18.2 Å². The first-order valence-electron chi connectivity index (χ1n) is 8.97. The molecule has 0 unspecified atom stereocenters. The predicted octanol–water partition coefficient (Wildman–Crippen LogP) is 3.61. The fourth-order valence-corrected chi connectivity index (χ4v) is 4.59. The Hall–Kier alpha value is -1.64. The van der Waals surface area contributed by atoms with Crippen molar-refractivity contribution in [2.24, 2.45) is 0 Å². The lowest BCUT2D eigenvalue weighted by Crippen LogP contribution is -2.37. The minimum absolute atomic E-state index is 0.123. The maximum absolute atomic E-state index is 12.6. The van der Waals surface area contributed by atoms with Crippen molar-refractivity contribution in [1.82, 2.24) is 14.9 Å². The van der Waals surface area contributed by atoms with E-state index in [1.54, 1.807) is 0 Å². The summed E-state index contributed by atoms with van der Waals surface area (Å²) < 4.78 is 33.8. The molecule has 0 saturated heterocycles. The lowest BCUT2D eigenvalue weighted by atomic mass is 9.86. The van der Waals surface area contributed by atoms with Gasteiger partial charge in [-0.25, -0.2) is 13.1 Å². The van der Waals surface area contributed by atoms with Gasteiger partial charge in [-0.15, -0.1) is 10.2 Å². The fourth-order valence-electron chi connectivity index (χ4n) is 3.14. The zero-order valence-corrected chi connectivity index (χ0v) is 17.3. The van der Waals surface area contributed by atoms with Crippen LogP contribution >= 0.6 is 11.6 Å². The highest BCUT2D eigenvalue weighted by molar-refractivity contribution is 7.89. The second-order valence-electron chi connectivity index (χ2n) is 8.05. The molecule has 0 atom stereocenters. The van der Waals surface area contributed by atoms with Crippen molar-refractivity contribution in [3.8, 4) is 0 Å². The summed E-state index contributed by atoms with van der Waals surface area (Å²) in [6.45, 7) is 6.08. The van der Waals surface area contributed by atoms with Gasteiger partial charge < -0.3 is 10.2 Å². The van der Waals surface area contributed by atoms with Gasteiger partial charge in [0.2, 0.25) is 21.8 Å². The van der Waals surface area contributed by atoms with Crippen molar-refractivity contribution in [2.75, 3.05) is 5.73 Å². The Kier molecular flexibility index (Phi) is 5.52. The van der Waals surface area contributed by atoms with E-state index in [-0.39, 0.29) is 28.0 Å². The molecule has 9 heteroatoms. The van der Waals surface area contributed by atoms with Crippen LogP contribution in [0.4, 0.5) is 5.69 Å². The van der Waals surface area contributed by atoms with E-state index in [4.69, 9.17) is 21.8 Å². The van der Waals surface area contributed by atoms with Crippen LogP contribution in [0.25, 0.3) is 0 Å². The Labute approximate surface area is 164 Å². The van der Waals surface area contributed by atoms with Gasteiger partial charge in [0.25, 0.3) is 0 Å². The largest absolute Gasteiger partial charge is 0.424 e. The quantitative estimate of drug-likeness (QED) is 0.742. The summed E-state index contributed by atoms with van der Waals surface area (Å²) in [6.07, 6.45) is 3.00. The Balaban J connectivity index is 1.62. The zero-order valence-electron chi connectivity index (χ0n) is 15.7. The molecular formula is C18H25ClN4O3S. The van der Waals surface area contributed by atoms with Gasteiger partial charge in [-0.3, -0.25) is 0 Å². The number of anilines is 1. The minimum atomic E-state index is -3.64. The highest BCUT2D eigenvalue weighted by Crippen LogP contribution is 2.34. The molecule has 0 aliphatic heterocycles. The van der Waals surface area contributed by atoms with Crippen LogP contribution in [0.2, 0.25) is 5.02 Å². The molecule has 0 spiro atoms. The maximum Gasteiger partial charge on any atom is 0.240 e. The van der Waals surface area contributed by atoms with Crippen LogP contribution in [0, 0.1) is 0 Å². The van der Waals surface area contributed by atoms with E-state index >= 15 is 0 Å². The SMILES string of the molecule is CC(C)(C)c1nnc([C@H]2CC[C@H](NS(=O)(=O)c3ccc(Cl)c(N)c3)CC2)o1. The van der Waals surface area contributed by atoms with Crippen molar-refractivity contribution in [2.45, 2.75) is 68.7 Å². The summed E-state index contributed by atoms with van der Waals surface area (Å²) in [5.41, 5.74) is 5.78. The van der Waals surface area contributed by atoms with Gasteiger partial charge in [0, 0.05) is 17.4 Å². The smallest absolute Gasteiger partial charge is 0.240 e. The Morgan fingerprint density at radius 1 is 1.19 bits per heavy atom. The topological polar surface area (TPSA) is 111 Å². The molecule has 1 aliphatic rings. The highest BCUT2D eigenvalue weighted by atomic mass is 35.5. The van der Waals surface area contributed by atoms with Crippen molar-refractivity contribution >= 4 is 27.3 Å². The third-order valence-corrected chi connectivity index (χ3v) is 6.62. The lowest BCUT2D eigenvalue weighted by Gasteiger charge is -2.27. The predicted molar refractivity (Wildman–Crippen MR) is 104 cm³/mol. The van der Waals surface area contributed by atoms with Crippen LogP contribution in [-0.4, -0.2) is 24.7 Å². The number of nitrogen functional groups attached to an aromatic ring is 1. The molecule has 27 heavy (non-hydrogen) atoms. The number of benzene rings is 1. The number of hydrogen-bond acceptors (Lipinski definition) is 6. The Morgan fingerprint density at radius 3 is 2.41 bits per heavy atom. The van der Waals surface area contributed by atoms with Gasteiger partial charge in [0.05, 0.1) is 15.6 Å². The Morgan fingerprint density at radius 2 is 1.85 bits per heavy atom. The molecule has 0 bridgehead atoms. The van der Waals surface area contributed by atoms with Crippen LogP contribution in [0.1, 0.15) is 64.2 Å². The number of nitrogens with zero attached hydrogens (tertiary/aromatic N) is 2. The summed E-state index contributed by atoms with van der Waals surface area (Å²) in [4.78, 5) is 0.123. The van der Waals surface area contributed by atoms with E-state index < -0.39 is 10.0 Å². The third kappa shape index (κ3) is 4.62. The number of hydrogen-bond donors (Lipinski definition) is 2. The minimum Gasteiger partial charge on any atom is -0.424 e. The molecular weight excluding hydrogens is 388 g/mol. The second kappa shape index (κ2) is 7.41. The molecule has 1 aromatic heterocycles. The highest BCUT2D eigenvalue weighted by Gasteiger charge is 2.30. The molecule has 0 amide bonds. The number of aromatic nitrogens is 2. The van der Waals surface area contributed by atoms with E-state index in [1.807, 2.05) is 20.8 Å². The maximum atomic E-state index is 12.6. The molecule has 1 aliphatic carbocycles. The molecule has 3 N–H and O–H groups in total. The van der Waals surface area contributed by atoms with Crippen LogP contribution in [-0.2, 0) is 15.4 Å². The average Bonchev–Trinajstić information content (AvgIpc) is 3.08. The van der Waals surface area contributed by atoms with Crippen LogP contribution in [0.15, 0.2) is 27.5 Å². The number of rotatable bonds is 4. The molecule has 3 rings (SSSR count). The van der Waals surface area contributed by atoms with Crippen molar-refractivity contribution < 1.29 is 12.8 Å². The van der Waals surface area contributed by atoms with Crippen LogP contribution in [0.3, 0.4) is 0 Å². The van der Waals surface area contributed by atoms with Crippen molar-refractivity contribution in [3.05, 3.63) is 35.0 Å². The van der Waals surface area contributed by atoms with E-state index in [0.29, 0.717) is 29.6 Å². The first kappa shape index (κ1) is 20.1. The number of nitrogens with two attached hydrogens (primary N) is 1. The van der Waals surface area contributed by atoms with Gasteiger partial charge >= 0.3 is 0 Å². The van der Waals surface area contributed by atoms with Crippen molar-refractivity contribution in [1.29, 1.82) is 0 Å². The van der Waals surface area contributed by atoms with E-state index in [2.05, 4.69) is 14.9 Å². The number of halogens is 1. The van der Waals surface area contributed by atoms with Gasteiger partial charge in [0.15, 0.2) is 0 Å². The summed E-state index contributed by atoms with van der Waals surface area (Å²) in [7, 11) is -3.64. The average molecular weight is 413 g/mol. The molecule has 1 heterocycles. The zero-order chi connectivity index (χ0) is 19.8. The molecule has 148 valence electrons. The van der Waals surface area contributed by atoms with Crippen molar-refractivity contribution in [3.63, 3.8) is 0 Å². The molecule has 1 saturated carbocycles. The fraction of sp³-hybridized carbons (Fsp3) is 0.556.